The third-order valence-corrected chi connectivity index (χ3v) is 5.84. The molecule has 2 saturated heterocycles. The highest BCUT2D eigenvalue weighted by molar-refractivity contribution is 6.53. The molecule has 2 heterocycles. The third-order valence-electron chi connectivity index (χ3n) is 2.80. The number of esters is 2. The summed E-state index contributed by atoms with van der Waals surface area (Å²) < 4.78 is 4.54. The normalized spacial score (nSPS) is 43.5. The van der Waals surface area contributed by atoms with E-state index in [0.29, 0.717) is 5.54 Å². The van der Waals surface area contributed by atoms with E-state index < -0.39 is 0 Å². The average Bonchev–Trinajstić information content (AvgIpc) is 2.03. The van der Waals surface area contributed by atoms with E-state index in [1.807, 2.05) is 0 Å². The molecule has 0 aromatic carbocycles. The number of cyclic esters (lactones) is 2. The minimum absolute atomic E-state index is 0.0285. The summed E-state index contributed by atoms with van der Waals surface area (Å²) in [6.45, 7) is 2.07. The van der Waals surface area contributed by atoms with Crippen molar-refractivity contribution in [1.82, 2.24) is 0 Å². The van der Waals surface area contributed by atoms with Crippen molar-refractivity contribution in [3.63, 3.8) is 0 Å². The lowest BCUT2D eigenvalue weighted by Crippen LogP contribution is -2.37. The van der Waals surface area contributed by atoms with Crippen molar-refractivity contribution >= 4 is 21.5 Å². The molecule has 4 heteroatoms. The summed E-state index contributed by atoms with van der Waals surface area (Å²) in [4.78, 5) is 21.9. The Morgan fingerprint density at radius 1 is 1.45 bits per heavy atom. The Kier molecular flexibility index (Phi) is 1.39. The molecule has 2 aliphatic rings. The van der Waals surface area contributed by atoms with Crippen LogP contribution in [0.5, 0.6) is 0 Å². The summed E-state index contributed by atoms with van der Waals surface area (Å²) in [6.07, 6.45) is 1.04. The summed E-state index contributed by atoms with van der Waals surface area (Å²) in [5.74, 6) is -0.527. The third kappa shape index (κ3) is 0.788. The van der Waals surface area contributed by atoms with Gasteiger partial charge in [-0.15, -0.1) is 0 Å². The van der Waals surface area contributed by atoms with Crippen LogP contribution in [-0.2, 0) is 14.3 Å². The number of ether oxygens (including phenoxy) is 1. The van der Waals surface area contributed by atoms with Crippen LogP contribution in [0.1, 0.15) is 13.3 Å². The van der Waals surface area contributed by atoms with Gasteiger partial charge in [-0.05, 0) is 5.54 Å². The minimum Gasteiger partial charge on any atom is -0.393 e. The second kappa shape index (κ2) is 2.17. The first-order valence-electron chi connectivity index (χ1n) is 3.99. The number of carbonyl (C=O) groups excluding carboxylic acids is 2. The highest BCUT2D eigenvalue weighted by Crippen LogP contribution is 2.49. The zero-order chi connectivity index (χ0) is 8.01. The first-order valence-corrected chi connectivity index (χ1v) is 5.63. The van der Waals surface area contributed by atoms with Gasteiger partial charge in [0.25, 0.3) is 0 Å². The van der Waals surface area contributed by atoms with E-state index in [-0.39, 0.29) is 32.9 Å². The molecule has 0 spiro atoms. The minimum atomic E-state index is -0.327. The molecule has 2 rings (SSSR count). The Morgan fingerprint density at radius 2 is 2.18 bits per heavy atom. The van der Waals surface area contributed by atoms with Crippen LogP contribution in [0, 0.1) is 5.92 Å². The lowest BCUT2D eigenvalue weighted by atomic mass is 9.99. The highest BCUT2D eigenvalue weighted by Gasteiger charge is 2.56. The average molecular weight is 170 g/mol. The van der Waals surface area contributed by atoms with Gasteiger partial charge in [0.1, 0.15) is 0 Å². The highest BCUT2D eigenvalue weighted by atomic mass is 28.2. The van der Waals surface area contributed by atoms with Crippen LogP contribution < -0.4 is 0 Å². The molecule has 0 amide bonds. The quantitative estimate of drug-likeness (QED) is 0.312. The van der Waals surface area contributed by atoms with Gasteiger partial charge in [-0.3, -0.25) is 9.59 Å². The van der Waals surface area contributed by atoms with Crippen LogP contribution in [-0.4, -0.2) is 21.5 Å². The van der Waals surface area contributed by atoms with Gasteiger partial charge in [0.2, 0.25) is 0 Å². The molecular weight excluding hydrogens is 160 g/mol. The Bertz CT molecular complexity index is 226. The van der Waals surface area contributed by atoms with E-state index in [1.54, 1.807) is 0 Å². The van der Waals surface area contributed by atoms with E-state index in [1.165, 1.54) is 0 Å². The fourth-order valence-electron chi connectivity index (χ4n) is 2.02. The van der Waals surface area contributed by atoms with Crippen molar-refractivity contribution in [2.45, 2.75) is 24.4 Å². The summed E-state index contributed by atoms with van der Waals surface area (Å²) in [7, 11) is -0.327. The monoisotopic (exact) mass is 170 g/mol. The zero-order valence-corrected chi connectivity index (χ0v) is 7.79. The molecule has 0 radical (unpaired) electrons. The summed E-state index contributed by atoms with van der Waals surface area (Å²) in [6, 6.07) is 0. The molecule has 3 atom stereocenters. The van der Waals surface area contributed by atoms with E-state index in [9.17, 15) is 9.59 Å². The largest absolute Gasteiger partial charge is 0.393 e. The standard InChI is InChI=1S/C7H10O3Si/c1-2-3-4-5(11-3)7(9)10-6(4)8/h3-5H,2,11H2,1H3. The predicted octanol–water partition coefficient (Wildman–Crippen LogP) is -0.145. The van der Waals surface area contributed by atoms with Gasteiger partial charge in [0, 0.05) is 9.52 Å². The molecule has 0 bridgehead atoms. The summed E-state index contributed by atoms with van der Waals surface area (Å²) in [5.41, 5.74) is 0.589. The Labute approximate surface area is 66.9 Å². The van der Waals surface area contributed by atoms with Crippen LogP contribution in [0.2, 0.25) is 11.1 Å². The van der Waals surface area contributed by atoms with Crippen LogP contribution in [0.15, 0.2) is 0 Å². The molecule has 0 N–H and O–H groups in total. The van der Waals surface area contributed by atoms with Gasteiger partial charge >= 0.3 is 11.9 Å². The van der Waals surface area contributed by atoms with Crippen LogP contribution in [0.25, 0.3) is 0 Å². The smallest absolute Gasteiger partial charge is 0.317 e. The van der Waals surface area contributed by atoms with Crippen molar-refractivity contribution in [2.24, 2.45) is 5.92 Å². The topological polar surface area (TPSA) is 43.4 Å². The number of hydrogen-bond acceptors (Lipinski definition) is 3. The van der Waals surface area contributed by atoms with Gasteiger partial charge in [0.05, 0.1) is 11.5 Å². The Balaban J connectivity index is 2.15. The maximum atomic E-state index is 11.0. The zero-order valence-electron chi connectivity index (χ0n) is 6.37. The SMILES string of the molecule is CCC1[SiH2]C2C(=O)OC(=O)C12. The van der Waals surface area contributed by atoms with E-state index in [4.69, 9.17) is 0 Å². The number of rotatable bonds is 1. The van der Waals surface area contributed by atoms with Gasteiger partial charge in [-0.2, -0.15) is 0 Å². The first kappa shape index (κ1) is 7.03. The van der Waals surface area contributed by atoms with Crippen LogP contribution in [0.3, 0.4) is 0 Å². The number of hydrogen-bond donors (Lipinski definition) is 0. The molecule has 11 heavy (non-hydrogen) atoms. The molecular formula is C7H10O3Si. The van der Waals surface area contributed by atoms with Crippen molar-refractivity contribution in [2.75, 3.05) is 0 Å². The fraction of sp³-hybridized carbons (Fsp3) is 0.714. The lowest BCUT2D eigenvalue weighted by molar-refractivity contribution is -0.152. The molecule has 0 saturated carbocycles. The maximum Gasteiger partial charge on any atom is 0.317 e. The van der Waals surface area contributed by atoms with Crippen molar-refractivity contribution in [3.8, 4) is 0 Å². The molecule has 3 unspecified atom stereocenters. The fourth-order valence-corrected chi connectivity index (χ4v) is 4.38. The molecule has 0 aromatic rings. The molecule has 60 valence electrons. The van der Waals surface area contributed by atoms with Crippen LogP contribution in [0.4, 0.5) is 0 Å². The van der Waals surface area contributed by atoms with E-state index >= 15 is 0 Å². The summed E-state index contributed by atoms with van der Waals surface area (Å²) >= 11 is 0. The van der Waals surface area contributed by atoms with Gasteiger partial charge < -0.3 is 4.74 Å². The molecule has 0 aromatic heterocycles. The first-order chi connectivity index (χ1) is 5.24. The van der Waals surface area contributed by atoms with Gasteiger partial charge in [-0.25, -0.2) is 0 Å². The van der Waals surface area contributed by atoms with Crippen molar-refractivity contribution in [3.05, 3.63) is 0 Å². The second-order valence-electron chi connectivity index (χ2n) is 3.28. The van der Waals surface area contributed by atoms with Crippen molar-refractivity contribution in [1.29, 1.82) is 0 Å². The number of carbonyl (C=O) groups is 2. The molecule has 2 aliphatic heterocycles. The molecule has 2 fully saturated rings. The maximum absolute atomic E-state index is 11.0. The van der Waals surface area contributed by atoms with Gasteiger partial charge in [-0.1, -0.05) is 13.3 Å². The lowest BCUT2D eigenvalue weighted by Gasteiger charge is -2.33. The Hall–Kier alpha value is -0.643. The number of fused-ring (bicyclic) bond motifs is 1. The van der Waals surface area contributed by atoms with E-state index in [0.717, 1.165) is 6.42 Å². The molecule has 3 nitrogen and oxygen atoms in total. The van der Waals surface area contributed by atoms with Gasteiger partial charge in [0.15, 0.2) is 0 Å². The van der Waals surface area contributed by atoms with Crippen molar-refractivity contribution < 1.29 is 14.3 Å². The molecule has 0 aliphatic carbocycles. The van der Waals surface area contributed by atoms with E-state index in [2.05, 4.69) is 11.7 Å². The predicted molar refractivity (Wildman–Crippen MR) is 40.9 cm³/mol. The second-order valence-corrected chi connectivity index (χ2v) is 5.68. The summed E-state index contributed by atoms with van der Waals surface area (Å²) in [5, 5.41) is 0. The Morgan fingerprint density at radius 3 is 2.73 bits per heavy atom. The van der Waals surface area contributed by atoms with Crippen LogP contribution >= 0.6 is 0 Å².